The van der Waals surface area contributed by atoms with E-state index in [-0.39, 0.29) is 28.9 Å². The molecule has 56 heavy (non-hydrogen) atoms. The van der Waals surface area contributed by atoms with E-state index in [9.17, 15) is 40.8 Å². The molecule has 0 aliphatic carbocycles. The van der Waals surface area contributed by atoms with Crippen molar-refractivity contribution in [3.8, 4) is 0 Å². The summed E-state index contributed by atoms with van der Waals surface area (Å²) in [5, 5.41) is 2.87. The Kier molecular flexibility index (Phi) is 11.6. The number of pyridine rings is 2. The van der Waals surface area contributed by atoms with Crippen LogP contribution in [0.15, 0.2) is 65.8 Å². The molecule has 1 aromatic carbocycles. The summed E-state index contributed by atoms with van der Waals surface area (Å²) in [6, 6.07) is 8.85. The number of rotatable bonds is 10. The number of nitrogens with zero attached hydrogens (tertiary/aromatic N) is 7. The van der Waals surface area contributed by atoms with Crippen LogP contribution in [0.5, 0.6) is 0 Å². The predicted molar refractivity (Wildman–Crippen MR) is 200 cm³/mol. The van der Waals surface area contributed by atoms with Gasteiger partial charge in [-0.25, -0.2) is 18.1 Å². The fourth-order valence-corrected chi connectivity index (χ4v) is 8.48. The van der Waals surface area contributed by atoms with Gasteiger partial charge in [-0.05, 0) is 72.7 Å². The SMILES string of the molecule is CCN1CCN(C(=O)c2cc(C(C)C3(C(C)c4ccnc(C(=O)N5CCN(CC)CC5)c4)NC(=O)N(c4ccc(S(=O)(=O)C(F)(F)F)cc4)C3=O)ccn2)CC1. The number of halogens is 3. The number of amides is 5. The Balaban J connectivity index is 1.38. The molecule has 3 aliphatic heterocycles. The number of nitrogens with one attached hydrogen (secondary N) is 1. The Morgan fingerprint density at radius 1 is 0.750 bits per heavy atom. The van der Waals surface area contributed by atoms with Crippen LogP contribution in [0, 0.1) is 0 Å². The average Bonchev–Trinajstić information content (AvgIpc) is 3.49. The standard InChI is InChI=1S/C38H45F3N8O6S/c1-5-45-15-19-47(20-16-45)33(50)31-23-27(11-13-42-31)25(3)37(26(4)28-12-14-43-32(24-28)34(51)48-21-17-46(6-2)18-22-48)35(52)49(36(53)44-37)29-7-9-30(10-8-29)56(54,55)38(39,40)41/h7-14,23-26H,5-6,15-22H2,1-4H3,(H,44,53). The molecule has 18 heteroatoms. The molecular formula is C38H45F3N8O6S. The van der Waals surface area contributed by atoms with Crippen molar-refractivity contribution in [3.63, 3.8) is 0 Å². The van der Waals surface area contributed by atoms with Crippen molar-refractivity contribution in [2.45, 2.75) is 55.5 Å². The predicted octanol–water partition coefficient (Wildman–Crippen LogP) is 3.73. The fraction of sp³-hybridized carbons (Fsp3) is 0.474. The minimum absolute atomic E-state index is 0.150. The molecule has 0 spiro atoms. The zero-order chi connectivity index (χ0) is 40.6. The third-order valence-electron chi connectivity index (χ3n) is 11.4. The maximum absolute atomic E-state index is 14.9. The molecule has 5 heterocycles. The number of aromatic nitrogens is 2. The van der Waals surface area contributed by atoms with E-state index in [0.29, 0.717) is 75.6 Å². The van der Waals surface area contributed by atoms with E-state index in [1.807, 2.05) is 0 Å². The molecular weight excluding hydrogens is 754 g/mol. The van der Waals surface area contributed by atoms with Gasteiger partial charge in [0.1, 0.15) is 16.9 Å². The first kappa shape index (κ1) is 40.7. The summed E-state index contributed by atoms with van der Waals surface area (Å²) in [4.78, 5) is 72.4. The largest absolute Gasteiger partial charge is 0.501 e. The molecule has 0 saturated carbocycles. The van der Waals surface area contributed by atoms with Crippen LogP contribution in [0.2, 0.25) is 0 Å². The van der Waals surface area contributed by atoms with Crippen molar-refractivity contribution in [3.05, 3.63) is 83.4 Å². The highest BCUT2D eigenvalue weighted by molar-refractivity contribution is 7.92. The van der Waals surface area contributed by atoms with Crippen molar-refractivity contribution in [2.24, 2.45) is 0 Å². The first-order valence-corrected chi connectivity index (χ1v) is 20.0. The number of sulfone groups is 1. The van der Waals surface area contributed by atoms with Gasteiger partial charge < -0.3 is 24.9 Å². The minimum atomic E-state index is -5.70. The molecule has 14 nitrogen and oxygen atoms in total. The molecule has 3 saturated heterocycles. The van der Waals surface area contributed by atoms with Crippen LogP contribution >= 0.6 is 0 Å². The molecule has 6 rings (SSSR count). The second-order valence-electron chi connectivity index (χ2n) is 14.2. The smallest absolute Gasteiger partial charge is 0.335 e. The molecule has 1 N–H and O–H groups in total. The van der Waals surface area contributed by atoms with Crippen LogP contribution in [-0.4, -0.2) is 138 Å². The number of piperazine rings is 2. The maximum Gasteiger partial charge on any atom is 0.501 e. The van der Waals surface area contributed by atoms with E-state index in [4.69, 9.17) is 0 Å². The molecule has 2 unspecified atom stereocenters. The summed E-state index contributed by atoms with van der Waals surface area (Å²) in [6.45, 7) is 14.2. The van der Waals surface area contributed by atoms with E-state index in [2.05, 4.69) is 38.9 Å². The zero-order valence-corrected chi connectivity index (χ0v) is 32.4. The summed E-state index contributed by atoms with van der Waals surface area (Å²) in [7, 11) is -5.70. The quantitative estimate of drug-likeness (QED) is 0.300. The van der Waals surface area contributed by atoms with Crippen molar-refractivity contribution in [1.29, 1.82) is 0 Å². The van der Waals surface area contributed by atoms with Gasteiger partial charge in [-0.2, -0.15) is 13.2 Å². The molecule has 0 bridgehead atoms. The van der Waals surface area contributed by atoms with E-state index < -0.39 is 49.6 Å². The van der Waals surface area contributed by atoms with Gasteiger partial charge in [0.2, 0.25) is 0 Å². The number of carbonyl (C=O) groups is 4. The second-order valence-corrected chi connectivity index (χ2v) is 16.2. The van der Waals surface area contributed by atoms with Crippen molar-refractivity contribution < 1.29 is 40.8 Å². The number of hydrogen-bond donors (Lipinski definition) is 1. The number of anilines is 1. The molecule has 2 aromatic heterocycles. The number of urea groups is 1. The number of likely N-dealkylation sites (N-methyl/N-ethyl adjacent to an activating group) is 2. The van der Waals surface area contributed by atoms with Gasteiger partial charge in [0.05, 0.1) is 10.6 Å². The number of carbonyl (C=O) groups excluding carboxylic acids is 4. The lowest BCUT2D eigenvalue weighted by molar-refractivity contribution is -0.123. The Bertz CT molecular complexity index is 2000. The van der Waals surface area contributed by atoms with Crippen molar-refractivity contribution >= 4 is 39.3 Å². The average molecular weight is 799 g/mol. The van der Waals surface area contributed by atoms with Crippen LogP contribution in [0.4, 0.5) is 23.7 Å². The molecule has 3 fully saturated rings. The monoisotopic (exact) mass is 798 g/mol. The van der Waals surface area contributed by atoms with Gasteiger partial charge in [-0.1, -0.05) is 27.7 Å². The highest BCUT2D eigenvalue weighted by Crippen LogP contribution is 2.45. The van der Waals surface area contributed by atoms with Gasteiger partial charge in [0.25, 0.3) is 27.6 Å². The summed E-state index contributed by atoms with van der Waals surface area (Å²) in [5.41, 5.74) is -6.24. The first-order chi connectivity index (χ1) is 26.5. The third kappa shape index (κ3) is 7.48. The van der Waals surface area contributed by atoms with Crippen LogP contribution in [0.25, 0.3) is 0 Å². The van der Waals surface area contributed by atoms with E-state index in [1.54, 1.807) is 47.9 Å². The van der Waals surface area contributed by atoms with Gasteiger partial charge in [0.15, 0.2) is 0 Å². The first-order valence-electron chi connectivity index (χ1n) is 18.6. The maximum atomic E-state index is 14.9. The fourth-order valence-electron chi connectivity index (χ4n) is 7.72. The lowest BCUT2D eigenvalue weighted by Gasteiger charge is -2.39. The second kappa shape index (κ2) is 15.9. The van der Waals surface area contributed by atoms with Crippen molar-refractivity contribution in [2.75, 3.05) is 70.3 Å². The highest BCUT2D eigenvalue weighted by Gasteiger charge is 2.59. The Labute approximate surface area is 323 Å². The van der Waals surface area contributed by atoms with E-state index in [0.717, 1.165) is 30.1 Å². The minimum Gasteiger partial charge on any atom is -0.335 e. The van der Waals surface area contributed by atoms with Gasteiger partial charge in [-0.15, -0.1) is 0 Å². The summed E-state index contributed by atoms with van der Waals surface area (Å²) in [5.74, 6) is -3.07. The molecule has 300 valence electrons. The lowest BCUT2D eigenvalue weighted by Crippen LogP contribution is -2.55. The third-order valence-corrected chi connectivity index (χ3v) is 12.9. The summed E-state index contributed by atoms with van der Waals surface area (Å²) >= 11 is 0. The lowest BCUT2D eigenvalue weighted by atomic mass is 9.69. The molecule has 5 amide bonds. The normalized spacial score (nSPS) is 21.2. The molecule has 0 radical (unpaired) electrons. The summed E-state index contributed by atoms with van der Waals surface area (Å²) < 4.78 is 64.0. The Hall–Kier alpha value is -4.94. The number of imide groups is 1. The van der Waals surface area contributed by atoms with Gasteiger partial charge in [0, 0.05) is 76.6 Å². The topological polar surface area (TPSA) is 156 Å². The van der Waals surface area contributed by atoms with Crippen LogP contribution in [0.3, 0.4) is 0 Å². The van der Waals surface area contributed by atoms with Gasteiger partial charge >= 0.3 is 11.5 Å². The Morgan fingerprint density at radius 2 is 1.18 bits per heavy atom. The molecule has 3 aliphatic rings. The molecule has 3 aromatic rings. The zero-order valence-electron chi connectivity index (χ0n) is 31.6. The van der Waals surface area contributed by atoms with Crippen LogP contribution < -0.4 is 10.2 Å². The van der Waals surface area contributed by atoms with E-state index >= 15 is 0 Å². The number of hydrogen-bond acceptors (Lipinski definition) is 10. The number of alkyl halides is 3. The highest BCUT2D eigenvalue weighted by atomic mass is 32.2. The number of benzene rings is 1. The Morgan fingerprint density at radius 3 is 1.57 bits per heavy atom. The van der Waals surface area contributed by atoms with Crippen molar-refractivity contribution in [1.82, 2.24) is 34.9 Å². The van der Waals surface area contributed by atoms with Gasteiger partial charge in [-0.3, -0.25) is 24.4 Å². The molecule has 2 atom stereocenters. The van der Waals surface area contributed by atoms with E-state index in [1.165, 1.54) is 12.4 Å². The van der Waals surface area contributed by atoms with Crippen LogP contribution in [0.1, 0.15) is 71.6 Å². The summed E-state index contributed by atoms with van der Waals surface area (Å²) in [6.07, 6.45) is 2.92. The van der Waals surface area contributed by atoms with Crippen LogP contribution in [-0.2, 0) is 14.6 Å².